The molecule has 3 rings (SSSR count). The molecule has 0 atom stereocenters. The minimum atomic E-state index is -0.215. The van der Waals surface area contributed by atoms with Crippen molar-refractivity contribution in [1.82, 2.24) is 15.4 Å². The maximum Gasteiger partial charge on any atom is 0.233 e. The summed E-state index contributed by atoms with van der Waals surface area (Å²) in [5.41, 5.74) is 2.31. The Morgan fingerprint density at radius 1 is 1.32 bits per heavy atom. The SMILES string of the molecule is Cc1cc(CC(=O)Nc2n[nH]c(-c3ccc(C)o3)c2C)on1. The number of H-pyrrole nitrogens is 1. The zero-order valence-electron chi connectivity index (χ0n) is 12.6. The Morgan fingerprint density at radius 2 is 2.14 bits per heavy atom. The van der Waals surface area contributed by atoms with Crippen LogP contribution in [0.15, 0.2) is 27.1 Å². The molecule has 0 aliphatic heterocycles. The van der Waals surface area contributed by atoms with Crippen LogP contribution in [-0.2, 0) is 11.2 Å². The molecule has 3 heterocycles. The van der Waals surface area contributed by atoms with Crippen molar-refractivity contribution in [3.05, 3.63) is 41.0 Å². The van der Waals surface area contributed by atoms with E-state index in [2.05, 4.69) is 20.7 Å². The topological polar surface area (TPSA) is 97.0 Å². The van der Waals surface area contributed by atoms with Crippen molar-refractivity contribution in [2.75, 3.05) is 5.32 Å². The standard InChI is InChI=1S/C15H16N4O3/c1-8-6-11(22-19-8)7-13(20)16-15-10(3)14(17-18-15)12-5-4-9(2)21-12/h4-6H,7H2,1-3H3,(H2,16,17,18,20). The van der Waals surface area contributed by atoms with Gasteiger partial charge in [0.25, 0.3) is 0 Å². The summed E-state index contributed by atoms with van der Waals surface area (Å²) in [5.74, 6) is 2.28. The lowest BCUT2D eigenvalue weighted by Crippen LogP contribution is -2.15. The van der Waals surface area contributed by atoms with Gasteiger partial charge in [0, 0.05) is 11.6 Å². The van der Waals surface area contributed by atoms with E-state index in [1.807, 2.05) is 26.0 Å². The molecule has 0 aromatic carbocycles. The predicted octanol–water partition coefficient (Wildman–Crippen LogP) is 2.76. The highest BCUT2D eigenvalue weighted by Crippen LogP contribution is 2.27. The maximum atomic E-state index is 12.0. The zero-order chi connectivity index (χ0) is 15.7. The minimum Gasteiger partial charge on any atom is -0.460 e. The van der Waals surface area contributed by atoms with Crippen molar-refractivity contribution < 1.29 is 13.7 Å². The second kappa shape index (κ2) is 5.51. The summed E-state index contributed by atoms with van der Waals surface area (Å²) in [6.07, 6.45) is 0.113. The van der Waals surface area contributed by atoms with Gasteiger partial charge in [0.05, 0.1) is 12.1 Å². The van der Waals surface area contributed by atoms with Gasteiger partial charge < -0.3 is 14.3 Å². The summed E-state index contributed by atoms with van der Waals surface area (Å²) >= 11 is 0. The van der Waals surface area contributed by atoms with Crippen LogP contribution in [0.4, 0.5) is 5.82 Å². The van der Waals surface area contributed by atoms with Gasteiger partial charge in [-0.1, -0.05) is 5.16 Å². The molecule has 22 heavy (non-hydrogen) atoms. The van der Waals surface area contributed by atoms with E-state index in [0.717, 1.165) is 22.7 Å². The highest BCUT2D eigenvalue weighted by Gasteiger charge is 2.16. The van der Waals surface area contributed by atoms with Gasteiger partial charge in [-0.3, -0.25) is 9.89 Å². The number of nitrogens with zero attached hydrogens (tertiary/aromatic N) is 2. The van der Waals surface area contributed by atoms with Crippen LogP contribution in [-0.4, -0.2) is 21.3 Å². The third-order valence-corrected chi connectivity index (χ3v) is 3.27. The third kappa shape index (κ3) is 2.78. The van der Waals surface area contributed by atoms with Crippen molar-refractivity contribution in [1.29, 1.82) is 0 Å². The molecule has 0 aliphatic carbocycles. The Kier molecular flexibility index (Phi) is 3.54. The number of aryl methyl sites for hydroxylation is 2. The van der Waals surface area contributed by atoms with Gasteiger partial charge in [-0.25, -0.2) is 0 Å². The van der Waals surface area contributed by atoms with E-state index in [-0.39, 0.29) is 12.3 Å². The highest BCUT2D eigenvalue weighted by molar-refractivity contribution is 5.92. The first kappa shape index (κ1) is 14.1. The smallest absolute Gasteiger partial charge is 0.233 e. The zero-order valence-corrected chi connectivity index (χ0v) is 12.6. The molecular weight excluding hydrogens is 284 g/mol. The van der Waals surface area contributed by atoms with E-state index >= 15 is 0 Å². The Bertz CT molecular complexity index is 812. The predicted molar refractivity (Wildman–Crippen MR) is 79.3 cm³/mol. The van der Waals surface area contributed by atoms with E-state index < -0.39 is 0 Å². The maximum absolute atomic E-state index is 12.0. The van der Waals surface area contributed by atoms with Gasteiger partial charge in [0.1, 0.15) is 17.2 Å². The van der Waals surface area contributed by atoms with Gasteiger partial charge >= 0.3 is 0 Å². The van der Waals surface area contributed by atoms with Gasteiger partial charge in [-0.2, -0.15) is 5.10 Å². The van der Waals surface area contributed by atoms with Crippen molar-refractivity contribution in [2.45, 2.75) is 27.2 Å². The Morgan fingerprint density at radius 3 is 2.77 bits per heavy atom. The summed E-state index contributed by atoms with van der Waals surface area (Å²) in [4.78, 5) is 12.0. The summed E-state index contributed by atoms with van der Waals surface area (Å²) < 4.78 is 10.6. The monoisotopic (exact) mass is 300 g/mol. The number of anilines is 1. The number of hydrogen-bond donors (Lipinski definition) is 2. The van der Waals surface area contributed by atoms with E-state index in [0.29, 0.717) is 17.3 Å². The number of carbonyl (C=O) groups is 1. The molecule has 7 heteroatoms. The highest BCUT2D eigenvalue weighted by atomic mass is 16.5. The lowest BCUT2D eigenvalue weighted by Gasteiger charge is -2.01. The molecule has 0 unspecified atom stereocenters. The quantitative estimate of drug-likeness (QED) is 0.772. The van der Waals surface area contributed by atoms with Crippen molar-refractivity contribution in [3.63, 3.8) is 0 Å². The molecule has 0 fully saturated rings. The van der Waals surface area contributed by atoms with Gasteiger partial charge in [-0.15, -0.1) is 0 Å². The van der Waals surface area contributed by atoms with Gasteiger partial charge in [0.2, 0.25) is 5.91 Å². The summed E-state index contributed by atoms with van der Waals surface area (Å²) in [6, 6.07) is 5.47. The lowest BCUT2D eigenvalue weighted by molar-refractivity contribution is -0.115. The van der Waals surface area contributed by atoms with Gasteiger partial charge in [0.15, 0.2) is 11.6 Å². The van der Waals surface area contributed by atoms with Crippen LogP contribution in [0.5, 0.6) is 0 Å². The van der Waals surface area contributed by atoms with Crippen LogP contribution < -0.4 is 5.32 Å². The second-order valence-electron chi connectivity index (χ2n) is 5.14. The molecule has 114 valence electrons. The number of amides is 1. The number of furan rings is 1. The summed E-state index contributed by atoms with van der Waals surface area (Å²) in [5, 5.41) is 13.5. The molecular formula is C15H16N4O3. The molecule has 0 saturated carbocycles. The molecule has 0 saturated heterocycles. The van der Waals surface area contributed by atoms with Crippen LogP contribution in [0.1, 0.15) is 22.8 Å². The second-order valence-corrected chi connectivity index (χ2v) is 5.14. The molecule has 1 amide bonds. The average Bonchev–Trinajstić information content (AvgIpc) is 3.14. The Balaban J connectivity index is 1.73. The molecule has 3 aromatic heterocycles. The first-order chi connectivity index (χ1) is 10.5. The molecule has 2 N–H and O–H groups in total. The Hall–Kier alpha value is -2.83. The fourth-order valence-electron chi connectivity index (χ4n) is 2.16. The van der Waals surface area contributed by atoms with E-state index in [1.165, 1.54) is 0 Å². The minimum absolute atomic E-state index is 0.113. The van der Waals surface area contributed by atoms with Crippen LogP contribution in [0.3, 0.4) is 0 Å². The van der Waals surface area contributed by atoms with E-state index in [9.17, 15) is 4.79 Å². The van der Waals surface area contributed by atoms with Crippen molar-refractivity contribution >= 4 is 11.7 Å². The van der Waals surface area contributed by atoms with Crippen LogP contribution in [0, 0.1) is 20.8 Å². The van der Waals surface area contributed by atoms with Crippen LogP contribution >= 0.6 is 0 Å². The number of hydrogen-bond acceptors (Lipinski definition) is 5. The molecule has 0 aliphatic rings. The van der Waals surface area contributed by atoms with E-state index in [4.69, 9.17) is 8.94 Å². The molecule has 3 aromatic rings. The Labute approximate surface area is 126 Å². The van der Waals surface area contributed by atoms with Gasteiger partial charge in [-0.05, 0) is 32.9 Å². The third-order valence-electron chi connectivity index (χ3n) is 3.27. The molecule has 0 bridgehead atoms. The lowest BCUT2D eigenvalue weighted by atomic mass is 10.2. The molecule has 7 nitrogen and oxygen atoms in total. The number of carbonyl (C=O) groups excluding carboxylic acids is 1. The fraction of sp³-hybridized carbons (Fsp3) is 0.267. The normalized spacial score (nSPS) is 10.9. The number of rotatable bonds is 4. The van der Waals surface area contributed by atoms with Crippen molar-refractivity contribution in [3.8, 4) is 11.5 Å². The first-order valence-electron chi connectivity index (χ1n) is 6.87. The largest absolute Gasteiger partial charge is 0.460 e. The van der Waals surface area contributed by atoms with Crippen LogP contribution in [0.25, 0.3) is 11.5 Å². The molecule has 0 radical (unpaired) electrons. The number of aromatic amines is 1. The van der Waals surface area contributed by atoms with E-state index in [1.54, 1.807) is 13.0 Å². The number of nitrogens with one attached hydrogen (secondary N) is 2. The van der Waals surface area contributed by atoms with Crippen molar-refractivity contribution in [2.24, 2.45) is 0 Å². The van der Waals surface area contributed by atoms with Crippen LogP contribution in [0.2, 0.25) is 0 Å². The average molecular weight is 300 g/mol. The number of aromatic nitrogens is 3. The fourth-order valence-corrected chi connectivity index (χ4v) is 2.16. The summed E-state index contributed by atoms with van der Waals surface area (Å²) in [7, 11) is 0. The first-order valence-corrected chi connectivity index (χ1v) is 6.87. The summed E-state index contributed by atoms with van der Waals surface area (Å²) in [6.45, 7) is 5.54. The molecule has 0 spiro atoms.